The molecule has 90 valence electrons. The standard InChI is InChI=1S/C12H19ClN2O/c1-4-9-11(13)10(15(3)14-9)7-12(2,16)8-5-6-8/h8,16H,4-7H2,1-3H3. The fourth-order valence-electron chi connectivity index (χ4n) is 2.20. The van der Waals surface area contributed by atoms with Gasteiger partial charge in [-0.25, -0.2) is 0 Å². The Bertz CT molecular complexity index is 394. The van der Waals surface area contributed by atoms with Crippen LogP contribution in [0.5, 0.6) is 0 Å². The van der Waals surface area contributed by atoms with E-state index in [1.807, 2.05) is 20.9 Å². The third kappa shape index (κ3) is 2.11. The summed E-state index contributed by atoms with van der Waals surface area (Å²) < 4.78 is 1.80. The summed E-state index contributed by atoms with van der Waals surface area (Å²) >= 11 is 6.27. The maximum atomic E-state index is 10.3. The first-order valence-corrected chi connectivity index (χ1v) is 6.26. The Morgan fingerprint density at radius 3 is 2.62 bits per heavy atom. The fourth-order valence-corrected chi connectivity index (χ4v) is 2.56. The van der Waals surface area contributed by atoms with Crippen molar-refractivity contribution in [3.63, 3.8) is 0 Å². The van der Waals surface area contributed by atoms with E-state index in [0.29, 0.717) is 12.3 Å². The van der Waals surface area contributed by atoms with Crippen molar-refractivity contribution in [3.8, 4) is 0 Å². The van der Waals surface area contributed by atoms with Crippen LogP contribution in [0.1, 0.15) is 38.1 Å². The van der Waals surface area contributed by atoms with Crippen LogP contribution in [-0.2, 0) is 19.9 Å². The summed E-state index contributed by atoms with van der Waals surface area (Å²) in [6.07, 6.45) is 3.68. The lowest BCUT2D eigenvalue weighted by atomic mass is 9.94. The van der Waals surface area contributed by atoms with Gasteiger partial charge in [-0.1, -0.05) is 18.5 Å². The average molecular weight is 243 g/mol. The number of aliphatic hydroxyl groups is 1. The molecule has 1 N–H and O–H groups in total. The highest BCUT2D eigenvalue weighted by Crippen LogP contribution is 2.42. The molecule has 2 rings (SSSR count). The molecule has 4 heteroatoms. The predicted octanol–water partition coefficient (Wildman–Crippen LogP) is 2.34. The van der Waals surface area contributed by atoms with Crippen LogP contribution in [0.15, 0.2) is 0 Å². The highest BCUT2D eigenvalue weighted by Gasteiger charge is 2.41. The van der Waals surface area contributed by atoms with E-state index in [2.05, 4.69) is 5.10 Å². The Kier molecular flexibility index (Phi) is 3.01. The summed E-state index contributed by atoms with van der Waals surface area (Å²) in [6.45, 7) is 3.94. The molecule has 0 spiro atoms. The zero-order chi connectivity index (χ0) is 11.9. The summed E-state index contributed by atoms with van der Waals surface area (Å²) in [5, 5.41) is 15.4. The molecule has 1 aliphatic carbocycles. The number of nitrogens with zero attached hydrogens (tertiary/aromatic N) is 2. The molecule has 1 aliphatic rings. The van der Waals surface area contributed by atoms with E-state index in [4.69, 9.17) is 11.6 Å². The largest absolute Gasteiger partial charge is 0.389 e. The third-order valence-electron chi connectivity index (χ3n) is 3.49. The third-order valence-corrected chi connectivity index (χ3v) is 3.92. The molecule has 1 aromatic heterocycles. The molecule has 1 saturated carbocycles. The first-order chi connectivity index (χ1) is 7.45. The quantitative estimate of drug-likeness (QED) is 0.880. The summed E-state index contributed by atoms with van der Waals surface area (Å²) in [5.74, 6) is 0.434. The van der Waals surface area contributed by atoms with E-state index in [1.165, 1.54) is 0 Å². The number of hydrogen-bond acceptors (Lipinski definition) is 2. The zero-order valence-electron chi connectivity index (χ0n) is 10.1. The van der Waals surface area contributed by atoms with Crippen molar-refractivity contribution in [3.05, 3.63) is 16.4 Å². The van der Waals surface area contributed by atoms with Crippen molar-refractivity contribution in [1.82, 2.24) is 9.78 Å². The van der Waals surface area contributed by atoms with E-state index in [1.54, 1.807) is 4.68 Å². The van der Waals surface area contributed by atoms with Gasteiger partial charge in [-0.05, 0) is 32.1 Å². The van der Waals surface area contributed by atoms with Crippen molar-refractivity contribution in [2.75, 3.05) is 0 Å². The Morgan fingerprint density at radius 1 is 1.56 bits per heavy atom. The summed E-state index contributed by atoms with van der Waals surface area (Å²) in [5.41, 5.74) is 1.24. The van der Waals surface area contributed by atoms with E-state index in [-0.39, 0.29) is 0 Å². The summed E-state index contributed by atoms with van der Waals surface area (Å²) in [6, 6.07) is 0. The van der Waals surface area contributed by atoms with Gasteiger partial charge in [0.1, 0.15) is 0 Å². The normalized spacial score (nSPS) is 19.8. The minimum Gasteiger partial charge on any atom is -0.389 e. The Morgan fingerprint density at radius 2 is 2.19 bits per heavy atom. The topological polar surface area (TPSA) is 38.0 Å². The van der Waals surface area contributed by atoms with Gasteiger partial charge < -0.3 is 5.11 Å². The van der Waals surface area contributed by atoms with Gasteiger partial charge >= 0.3 is 0 Å². The van der Waals surface area contributed by atoms with Crippen LogP contribution >= 0.6 is 11.6 Å². The predicted molar refractivity (Wildman–Crippen MR) is 64.6 cm³/mol. The smallest absolute Gasteiger partial charge is 0.0850 e. The lowest BCUT2D eigenvalue weighted by Crippen LogP contribution is -2.30. The van der Waals surface area contributed by atoms with Gasteiger partial charge in [0.25, 0.3) is 0 Å². The molecule has 1 fully saturated rings. The minimum absolute atomic E-state index is 0.434. The molecule has 0 saturated heterocycles. The second kappa shape index (κ2) is 4.04. The maximum Gasteiger partial charge on any atom is 0.0850 e. The molecule has 1 aromatic rings. The molecular formula is C12H19ClN2O. The van der Waals surface area contributed by atoms with Crippen molar-refractivity contribution < 1.29 is 5.11 Å². The molecule has 0 radical (unpaired) electrons. The van der Waals surface area contributed by atoms with Gasteiger partial charge in [0.15, 0.2) is 0 Å². The van der Waals surface area contributed by atoms with Gasteiger partial charge in [-0.15, -0.1) is 0 Å². The zero-order valence-corrected chi connectivity index (χ0v) is 10.9. The van der Waals surface area contributed by atoms with Gasteiger partial charge in [0.2, 0.25) is 0 Å². The van der Waals surface area contributed by atoms with E-state index in [0.717, 1.165) is 35.7 Å². The van der Waals surface area contributed by atoms with Crippen LogP contribution in [0, 0.1) is 5.92 Å². The SMILES string of the molecule is CCc1nn(C)c(CC(C)(O)C2CC2)c1Cl. The van der Waals surface area contributed by atoms with Crippen LogP contribution in [0.2, 0.25) is 5.02 Å². The highest BCUT2D eigenvalue weighted by molar-refractivity contribution is 6.31. The second-order valence-electron chi connectivity index (χ2n) is 4.99. The Balaban J connectivity index is 2.23. The van der Waals surface area contributed by atoms with Gasteiger partial charge in [0, 0.05) is 13.5 Å². The first kappa shape index (κ1) is 11.9. The molecule has 0 aromatic carbocycles. The summed E-state index contributed by atoms with van der Waals surface area (Å²) in [4.78, 5) is 0. The average Bonchev–Trinajstić information content (AvgIpc) is 3.01. The molecule has 3 nitrogen and oxygen atoms in total. The number of rotatable bonds is 4. The van der Waals surface area contributed by atoms with Crippen LogP contribution in [0.25, 0.3) is 0 Å². The number of hydrogen-bond donors (Lipinski definition) is 1. The first-order valence-electron chi connectivity index (χ1n) is 5.88. The molecule has 16 heavy (non-hydrogen) atoms. The minimum atomic E-state index is -0.636. The van der Waals surface area contributed by atoms with E-state index < -0.39 is 5.60 Å². The number of halogens is 1. The molecular weight excluding hydrogens is 224 g/mol. The van der Waals surface area contributed by atoms with Crippen LogP contribution < -0.4 is 0 Å². The second-order valence-corrected chi connectivity index (χ2v) is 5.37. The molecule has 1 unspecified atom stereocenters. The van der Waals surface area contributed by atoms with Crippen molar-refractivity contribution in [2.24, 2.45) is 13.0 Å². The molecule has 0 aliphatic heterocycles. The maximum absolute atomic E-state index is 10.3. The fraction of sp³-hybridized carbons (Fsp3) is 0.750. The lowest BCUT2D eigenvalue weighted by Gasteiger charge is -2.23. The molecule has 0 bridgehead atoms. The molecule has 0 amide bonds. The van der Waals surface area contributed by atoms with Gasteiger partial charge in [0.05, 0.1) is 22.0 Å². The van der Waals surface area contributed by atoms with Crippen LogP contribution in [0.3, 0.4) is 0 Å². The summed E-state index contributed by atoms with van der Waals surface area (Å²) in [7, 11) is 1.89. The van der Waals surface area contributed by atoms with Crippen molar-refractivity contribution in [2.45, 2.75) is 45.1 Å². The van der Waals surface area contributed by atoms with E-state index in [9.17, 15) is 5.11 Å². The Labute approximate surface area is 101 Å². The van der Waals surface area contributed by atoms with Crippen molar-refractivity contribution in [1.29, 1.82) is 0 Å². The van der Waals surface area contributed by atoms with E-state index >= 15 is 0 Å². The Hall–Kier alpha value is -0.540. The van der Waals surface area contributed by atoms with Crippen LogP contribution in [-0.4, -0.2) is 20.5 Å². The van der Waals surface area contributed by atoms with Crippen molar-refractivity contribution >= 4 is 11.6 Å². The number of aryl methyl sites for hydroxylation is 2. The number of aromatic nitrogens is 2. The van der Waals surface area contributed by atoms with Gasteiger partial charge in [-0.3, -0.25) is 4.68 Å². The van der Waals surface area contributed by atoms with Crippen LogP contribution in [0.4, 0.5) is 0 Å². The molecule has 1 heterocycles. The molecule has 1 atom stereocenters. The monoisotopic (exact) mass is 242 g/mol. The van der Waals surface area contributed by atoms with Gasteiger partial charge in [-0.2, -0.15) is 5.10 Å². The lowest BCUT2D eigenvalue weighted by molar-refractivity contribution is 0.0354. The highest BCUT2D eigenvalue weighted by atomic mass is 35.5.